The Morgan fingerprint density at radius 2 is 1.89 bits per heavy atom. The number of rotatable bonds is 7. The van der Waals surface area contributed by atoms with Gasteiger partial charge in [0.15, 0.2) is 0 Å². The molecule has 0 saturated carbocycles. The molecular weight excluding hydrogens is 360 g/mol. The van der Waals surface area contributed by atoms with Crippen molar-refractivity contribution in [2.75, 3.05) is 18.4 Å². The Hall–Kier alpha value is -2.04. The number of carbonyl (C=O) groups is 1. The smallest absolute Gasteiger partial charge is 0.224 e. The molecule has 0 aromatic heterocycles. The van der Waals surface area contributed by atoms with Crippen LogP contribution in [0.1, 0.15) is 36.8 Å². The molecule has 3 rings (SSSR count). The van der Waals surface area contributed by atoms with Crippen molar-refractivity contribution < 1.29 is 9.53 Å². The highest BCUT2D eigenvalue weighted by atomic mass is 35.5. The highest BCUT2D eigenvalue weighted by Gasteiger charge is 2.15. The fourth-order valence-electron chi connectivity index (χ4n) is 3.31. The summed E-state index contributed by atoms with van der Waals surface area (Å²) in [5.74, 6) is 1.45. The minimum absolute atomic E-state index is 0. The van der Waals surface area contributed by atoms with Crippen molar-refractivity contribution in [1.82, 2.24) is 5.32 Å². The summed E-state index contributed by atoms with van der Waals surface area (Å²) in [6.45, 7) is 4.66. The van der Waals surface area contributed by atoms with Crippen LogP contribution in [0.2, 0.25) is 0 Å². The maximum atomic E-state index is 12.4. The molecule has 0 bridgehead atoms. The van der Waals surface area contributed by atoms with Gasteiger partial charge in [0.1, 0.15) is 12.4 Å². The molecule has 4 nitrogen and oxygen atoms in total. The van der Waals surface area contributed by atoms with Gasteiger partial charge in [-0.1, -0.05) is 36.4 Å². The Morgan fingerprint density at radius 3 is 2.63 bits per heavy atom. The number of piperidine rings is 1. The van der Waals surface area contributed by atoms with E-state index in [1.807, 2.05) is 55.5 Å². The summed E-state index contributed by atoms with van der Waals surface area (Å²) in [6, 6.07) is 16.0. The number of nitrogens with one attached hydrogen (secondary N) is 2. The Morgan fingerprint density at radius 1 is 1.15 bits per heavy atom. The predicted octanol–water partition coefficient (Wildman–Crippen LogP) is 4.71. The lowest BCUT2D eigenvalue weighted by Crippen LogP contribution is -2.28. The highest BCUT2D eigenvalue weighted by Crippen LogP contribution is 2.27. The average Bonchev–Trinajstić information content (AvgIpc) is 2.68. The maximum absolute atomic E-state index is 12.4. The normalized spacial score (nSPS) is 14.3. The molecule has 0 unspecified atom stereocenters. The van der Waals surface area contributed by atoms with Crippen molar-refractivity contribution >= 4 is 24.0 Å². The van der Waals surface area contributed by atoms with E-state index in [4.69, 9.17) is 4.74 Å². The molecule has 0 atom stereocenters. The molecule has 1 amide bonds. The van der Waals surface area contributed by atoms with Crippen molar-refractivity contribution in [2.45, 2.75) is 39.2 Å². The SMILES string of the molecule is Cc1ccc(NC(=O)CCC2CCNCC2)c(OCc2ccccc2)c1.Cl. The Labute approximate surface area is 168 Å². The first-order valence-electron chi connectivity index (χ1n) is 9.48. The van der Waals surface area contributed by atoms with Crippen LogP contribution in [0.15, 0.2) is 48.5 Å². The summed E-state index contributed by atoms with van der Waals surface area (Å²) in [7, 11) is 0. The standard InChI is InChI=1S/C22H28N2O2.ClH/c1-17-7-9-20(21(15-17)26-16-19-5-3-2-4-6-19)24-22(25)10-8-18-11-13-23-14-12-18;/h2-7,9,15,18,23H,8,10-14,16H2,1H3,(H,24,25);1H. The van der Waals surface area contributed by atoms with Crippen molar-refractivity contribution in [3.05, 3.63) is 59.7 Å². The number of benzene rings is 2. The molecule has 146 valence electrons. The number of aryl methyl sites for hydroxylation is 1. The average molecular weight is 389 g/mol. The molecule has 5 heteroatoms. The van der Waals surface area contributed by atoms with E-state index in [1.54, 1.807) is 0 Å². The lowest BCUT2D eigenvalue weighted by molar-refractivity contribution is -0.116. The Bertz CT molecular complexity index is 716. The fourth-order valence-corrected chi connectivity index (χ4v) is 3.31. The number of halogens is 1. The summed E-state index contributed by atoms with van der Waals surface area (Å²) >= 11 is 0. The molecule has 1 fully saturated rings. The van der Waals surface area contributed by atoms with E-state index in [0.29, 0.717) is 18.9 Å². The topological polar surface area (TPSA) is 50.4 Å². The summed E-state index contributed by atoms with van der Waals surface area (Å²) in [6.07, 6.45) is 3.86. The molecule has 1 heterocycles. The van der Waals surface area contributed by atoms with Gasteiger partial charge < -0.3 is 15.4 Å². The van der Waals surface area contributed by atoms with E-state index in [2.05, 4.69) is 10.6 Å². The second-order valence-electron chi connectivity index (χ2n) is 7.05. The van der Waals surface area contributed by atoms with Gasteiger partial charge in [-0.25, -0.2) is 0 Å². The summed E-state index contributed by atoms with van der Waals surface area (Å²) < 4.78 is 5.98. The minimum Gasteiger partial charge on any atom is -0.487 e. The zero-order chi connectivity index (χ0) is 18.2. The van der Waals surface area contributed by atoms with E-state index in [9.17, 15) is 4.79 Å². The summed E-state index contributed by atoms with van der Waals surface area (Å²) in [4.78, 5) is 12.4. The van der Waals surface area contributed by atoms with Gasteiger partial charge in [0.05, 0.1) is 5.69 Å². The number of anilines is 1. The van der Waals surface area contributed by atoms with Crippen LogP contribution in [0.3, 0.4) is 0 Å². The molecule has 1 saturated heterocycles. The first kappa shape index (κ1) is 21.3. The largest absolute Gasteiger partial charge is 0.487 e. The van der Waals surface area contributed by atoms with Crippen LogP contribution >= 0.6 is 12.4 Å². The molecule has 0 spiro atoms. The summed E-state index contributed by atoms with van der Waals surface area (Å²) in [5.41, 5.74) is 2.97. The lowest BCUT2D eigenvalue weighted by Gasteiger charge is -2.22. The molecule has 27 heavy (non-hydrogen) atoms. The van der Waals surface area contributed by atoms with Crippen molar-refractivity contribution in [3.8, 4) is 5.75 Å². The third-order valence-corrected chi connectivity index (χ3v) is 4.89. The minimum atomic E-state index is 0. The molecule has 2 N–H and O–H groups in total. The molecule has 0 radical (unpaired) electrons. The van der Waals surface area contributed by atoms with E-state index in [0.717, 1.165) is 42.1 Å². The number of ether oxygens (including phenoxy) is 1. The van der Waals surface area contributed by atoms with E-state index in [-0.39, 0.29) is 18.3 Å². The molecular formula is C22H29ClN2O2. The van der Waals surface area contributed by atoms with Crippen LogP contribution in [0.4, 0.5) is 5.69 Å². The first-order valence-corrected chi connectivity index (χ1v) is 9.48. The highest BCUT2D eigenvalue weighted by molar-refractivity contribution is 5.92. The van der Waals surface area contributed by atoms with Crippen LogP contribution in [0.5, 0.6) is 5.75 Å². The number of amides is 1. The maximum Gasteiger partial charge on any atom is 0.224 e. The van der Waals surface area contributed by atoms with Gasteiger partial charge in [-0.05, 0) is 68.5 Å². The van der Waals surface area contributed by atoms with Crippen LogP contribution in [-0.4, -0.2) is 19.0 Å². The van der Waals surface area contributed by atoms with Crippen molar-refractivity contribution in [2.24, 2.45) is 5.92 Å². The zero-order valence-corrected chi connectivity index (χ0v) is 16.7. The number of hydrogen-bond donors (Lipinski definition) is 2. The van der Waals surface area contributed by atoms with E-state index >= 15 is 0 Å². The van der Waals surface area contributed by atoms with Crippen LogP contribution in [0.25, 0.3) is 0 Å². The molecule has 0 aliphatic carbocycles. The summed E-state index contributed by atoms with van der Waals surface area (Å²) in [5, 5.41) is 6.40. The Kier molecular flexibility index (Phi) is 8.62. The van der Waals surface area contributed by atoms with Gasteiger partial charge in [-0.2, -0.15) is 0 Å². The van der Waals surface area contributed by atoms with Gasteiger partial charge in [0.2, 0.25) is 5.91 Å². The fraction of sp³-hybridized carbons (Fsp3) is 0.409. The lowest BCUT2D eigenvalue weighted by atomic mass is 9.93. The van der Waals surface area contributed by atoms with Crippen LogP contribution < -0.4 is 15.4 Å². The van der Waals surface area contributed by atoms with Gasteiger partial charge in [-0.3, -0.25) is 4.79 Å². The van der Waals surface area contributed by atoms with Gasteiger partial charge in [0, 0.05) is 6.42 Å². The molecule has 1 aliphatic heterocycles. The number of carbonyl (C=O) groups excluding carboxylic acids is 1. The third-order valence-electron chi connectivity index (χ3n) is 4.89. The number of hydrogen-bond acceptors (Lipinski definition) is 3. The first-order chi connectivity index (χ1) is 12.7. The monoisotopic (exact) mass is 388 g/mol. The second kappa shape index (κ2) is 11.0. The van der Waals surface area contributed by atoms with Crippen molar-refractivity contribution in [1.29, 1.82) is 0 Å². The zero-order valence-electron chi connectivity index (χ0n) is 15.9. The Balaban J connectivity index is 0.00000261. The van der Waals surface area contributed by atoms with Gasteiger partial charge in [0.25, 0.3) is 0 Å². The third kappa shape index (κ3) is 6.89. The quantitative estimate of drug-likeness (QED) is 0.721. The molecule has 2 aromatic carbocycles. The van der Waals surface area contributed by atoms with Crippen LogP contribution in [0, 0.1) is 12.8 Å². The van der Waals surface area contributed by atoms with Crippen LogP contribution in [-0.2, 0) is 11.4 Å². The van der Waals surface area contributed by atoms with Gasteiger partial charge >= 0.3 is 0 Å². The van der Waals surface area contributed by atoms with E-state index < -0.39 is 0 Å². The van der Waals surface area contributed by atoms with E-state index in [1.165, 1.54) is 12.8 Å². The second-order valence-corrected chi connectivity index (χ2v) is 7.05. The molecule has 1 aliphatic rings. The van der Waals surface area contributed by atoms with Crippen molar-refractivity contribution in [3.63, 3.8) is 0 Å². The van der Waals surface area contributed by atoms with Gasteiger partial charge in [-0.15, -0.1) is 12.4 Å². The predicted molar refractivity (Wildman–Crippen MR) is 113 cm³/mol. The molecule has 2 aromatic rings.